The van der Waals surface area contributed by atoms with Gasteiger partial charge in [0.15, 0.2) is 0 Å². The Balaban J connectivity index is 1.58. The van der Waals surface area contributed by atoms with Gasteiger partial charge in [-0.25, -0.2) is 4.98 Å². The number of piperazine rings is 1. The third-order valence-electron chi connectivity index (χ3n) is 3.89. The Labute approximate surface area is 149 Å². The lowest BCUT2D eigenvalue weighted by Crippen LogP contribution is -2.48. The molecular formula is C16H17Cl2N3OS. The second-order valence-corrected chi connectivity index (χ2v) is 7.07. The summed E-state index contributed by atoms with van der Waals surface area (Å²) >= 11 is 13.2. The molecule has 4 nitrogen and oxygen atoms in total. The third-order valence-corrected chi connectivity index (χ3v) is 5.20. The van der Waals surface area contributed by atoms with Gasteiger partial charge in [0.2, 0.25) is 5.91 Å². The number of alkyl halides is 1. The van der Waals surface area contributed by atoms with E-state index >= 15 is 0 Å². The topological polar surface area (TPSA) is 36.4 Å². The first kappa shape index (κ1) is 16.7. The molecule has 1 fully saturated rings. The van der Waals surface area contributed by atoms with E-state index in [-0.39, 0.29) is 11.8 Å². The van der Waals surface area contributed by atoms with Gasteiger partial charge in [-0.2, -0.15) is 0 Å². The number of rotatable bonds is 4. The van der Waals surface area contributed by atoms with Crippen LogP contribution >= 0.6 is 34.5 Å². The van der Waals surface area contributed by atoms with Crippen LogP contribution in [0.5, 0.6) is 0 Å². The van der Waals surface area contributed by atoms with Crippen molar-refractivity contribution in [3.8, 4) is 11.3 Å². The van der Waals surface area contributed by atoms with Gasteiger partial charge in [0.1, 0.15) is 10.9 Å². The molecule has 0 spiro atoms. The number of benzene rings is 1. The predicted octanol–water partition coefficient (Wildman–Crippen LogP) is 3.35. The quantitative estimate of drug-likeness (QED) is 0.775. The highest BCUT2D eigenvalue weighted by Gasteiger charge is 2.21. The van der Waals surface area contributed by atoms with Crippen LogP contribution in [0.3, 0.4) is 0 Å². The molecule has 1 aliphatic rings. The van der Waals surface area contributed by atoms with E-state index in [9.17, 15) is 4.79 Å². The van der Waals surface area contributed by atoms with Crippen molar-refractivity contribution >= 4 is 40.4 Å². The number of thiazole rings is 1. The minimum atomic E-state index is 0.0191. The van der Waals surface area contributed by atoms with Crippen LogP contribution in [0.15, 0.2) is 29.6 Å². The van der Waals surface area contributed by atoms with Crippen LogP contribution in [-0.4, -0.2) is 52.8 Å². The van der Waals surface area contributed by atoms with E-state index in [2.05, 4.69) is 10.3 Å². The smallest absolute Gasteiger partial charge is 0.237 e. The van der Waals surface area contributed by atoms with Gasteiger partial charge in [0.05, 0.1) is 12.2 Å². The summed E-state index contributed by atoms with van der Waals surface area (Å²) in [6, 6.07) is 7.72. The molecule has 1 aliphatic heterocycles. The van der Waals surface area contributed by atoms with Crippen LogP contribution in [0.25, 0.3) is 11.3 Å². The highest BCUT2D eigenvalue weighted by molar-refractivity contribution is 7.09. The third kappa shape index (κ3) is 4.23. The monoisotopic (exact) mass is 369 g/mol. The van der Waals surface area contributed by atoms with E-state index in [0.29, 0.717) is 0 Å². The van der Waals surface area contributed by atoms with Crippen molar-refractivity contribution in [1.82, 2.24) is 14.8 Å². The summed E-state index contributed by atoms with van der Waals surface area (Å²) in [5.41, 5.74) is 2.06. The number of hydrogen-bond acceptors (Lipinski definition) is 4. The molecule has 1 amide bonds. The Kier molecular flexibility index (Phi) is 5.54. The first-order valence-electron chi connectivity index (χ1n) is 7.42. The summed E-state index contributed by atoms with van der Waals surface area (Å²) in [7, 11) is 0. The van der Waals surface area contributed by atoms with Gasteiger partial charge in [-0.1, -0.05) is 23.7 Å². The van der Waals surface area contributed by atoms with Crippen molar-refractivity contribution in [2.45, 2.75) is 6.54 Å². The van der Waals surface area contributed by atoms with Crippen molar-refractivity contribution in [2.75, 3.05) is 32.1 Å². The Morgan fingerprint density at radius 1 is 1.17 bits per heavy atom. The molecule has 7 heteroatoms. The zero-order chi connectivity index (χ0) is 16.2. The van der Waals surface area contributed by atoms with E-state index < -0.39 is 0 Å². The summed E-state index contributed by atoms with van der Waals surface area (Å²) < 4.78 is 0. The molecule has 1 saturated heterocycles. The zero-order valence-electron chi connectivity index (χ0n) is 12.5. The largest absolute Gasteiger partial charge is 0.339 e. The Bertz CT molecular complexity index is 666. The molecule has 122 valence electrons. The summed E-state index contributed by atoms with van der Waals surface area (Å²) in [5, 5.41) is 3.90. The zero-order valence-corrected chi connectivity index (χ0v) is 14.9. The Hall–Kier alpha value is -1.14. The van der Waals surface area contributed by atoms with Crippen molar-refractivity contribution in [3.05, 3.63) is 39.7 Å². The molecule has 3 rings (SSSR count). The average Bonchev–Trinajstić information content (AvgIpc) is 3.04. The van der Waals surface area contributed by atoms with Gasteiger partial charge in [-0.3, -0.25) is 9.69 Å². The lowest BCUT2D eigenvalue weighted by atomic mass is 10.2. The molecular weight excluding hydrogens is 353 g/mol. The standard InChI is InChI=1S/C16H17Cl2N3OS/c17-9-16(22)21-7-5-20(6-8-21)10-15-19-14(11-23-15)12-1-3-13(18)4-2-12/h1-4,11H,5-10H2. The molecule has 1 aromatic heterocycles. The average molecular weight is 370 g/mol. The van der Waals surface area contributed by atoms with Gasteiger partial charge < -0.3 is 4.90 Å². The first-order chi connectivity index (χ1) is 11.2. The maximum atomic E-state index is 11.6. The summed E-state index contributed by atoms with van der Waals surface area (Å²) in [4.78, 5) is 20.4. The number of aromatic nitrogens is 1. The number of nitrogens with zero attached hydrogens (tertiary/aromatic N) is 3. The lowest BCUT2D eigenvalue weighted by molar-refractivity contribution is -0.130. The van der Waals surface area contributed by atoms with Gasteiger partial charge in [-0.05, 0) is 12.1 Å². The fourth-order valence-corrected chi connectivity index (χ4v) is 3.71. The Morgan fingerprint density at radius 3 is 2.52 bits per heavy atom. The van der Waals surface area contributed by atoms with E-state index in [1.807, 2.05) is 29.2 Å². The maximum absolute atomic E-state index is 11.6. The SMILES string of the molecule is O=C(CCl)N1CCN(Cc2nc(-c3ccc(Cl)cc3)cs2)CC1. The minimum absolute atomic E-state index is 0.0191. The lowest BCUT2D eigenvalue weighted by Gasteiger charge is -2.33. The van der Waals surface area contributed by atoms with Crippen LogP contribution in [0.1, 0.15) is 5.01 Å². The molecule has 0 unspecified atom stereocenters. The fraction of sp³-hybridized carbons (Fsp3) is 0.375. The summed E-state index contributed by atoms with van der Waals surface area (Å²) in [6.07, 6.45) is 0. The molecule has 0 atom stereocenters. The van der Waals surface area contributed by atoms with Crippen LogP contribution in [-0.2, 0) is 11.3 Å². The predicted molar refractivity (Wildman–Crippen MR) is 95.1 cm³/mol. The van der Waals surface area contributed by atoms with Crippen LogP contribution in [0.2, 0.25) is 5.02 Å². The van der Waals surface area contributed by atoms with E-state index in [0.717, 1.165) is 54.0 Å². The van der Waals surface area contributed by atoms with Crippen LogP contribution in [0.4, 0.5) is 0 Å². The fourth-order valence-electron chi connectivity index (χ4n) is 2.57. The van der Waals surface area contributed by atoms with Gasteiger partial charge in [0.25, 0.3) is 0 Å². The highest BCUT2D eigenvalue weighted by Crippen LogP contribution is 2.24. The number of carbonyl (C=O) groups excluding carboxylic acids is 1. The molecule has 0 bridgehead atoms. The second-order valence-electron chi connectivity index (χ2n) is 5.42. The summed E-state index contributed by atoms with van der Waals surface area (Å²) in [6.45, 7) is 4.01. The van der Waals surface area contributed by atoms with Gasteiger partial charge in [-0.15, -0.1) is 22.9 Å². The van der Waals surface area contributed by atoms with E-state index in [1.165, 1.54) is 0 Å². The number of carbonyl (C=O) groups is 1. The minimum Gasteiger partial charge on any atom is -0.339 e. The molecule has 0 radical (unpaired) electrons. The van der Waals surface area contributed by atoms with Crippen molar-refractivity contribution < 1.29 is 4.79 Å². The van der Waals surface area contributed by atoms with Crippen molar-refractivity contribution in [2.24, 2.45) is 0 Å². The molecule has 0 N–H and O–H groups in total. The molecule has 0 aliphatic carbocycles. The second kappa shape index (κ2) is 7.62. The van der Waals surface area contributed by atoms with Crippen molar-refractivity contribution in [3.63, 3.8) is 0 Å². The number of halogens is 2. The summed E-state index contributed by atoms with van der Waals surface area (Å²) in [5.74, 6) is 0.0855. The Morgan fingerprint density at radius 2 is 1.87 bits per heavy atom. The van der Waals surface area contributed by atoms with Crippen LogP contribution < -0.4 is 0 Å². The number of hydrogen-bond donors (Lipinski definition) is 0. The maximum Gasteiger partial charge on any atom is 0.237 e. The highest BCUT2D eigenvalue weighted by atomic mass is 35.5. The first-order valence-corrected chi connectivity index (χ1v) is 9.21. The van der Waals surface area contributed by atoms with Gasteiger partial charge >= 0.3 is 0 Å². The van der Waals surface area contributed by atoms with Crippen molar-refractivity contribution in [1.29, 1.82) is 0 Å². The number of amides is 1. The normalized spacial score (nSPS) is 15.8. The molecule has 1 aromatic carbocycles. The van der Waals surface area contributed by atoms with Gasteiger partial charge in [0, 0.05) is 42.1 Å². The van der Waals surface area contributed by atoms with E-state index in [4.69, 9.17) is 28.2 Å². The van der Waals surface area contributed by atoms with Crippen LogP contribution in [0, 0.1) is 0 Å². The molecule has 0 saturated carbocycles. The van der Waals surface area contributed by atoms with E-state index in [1.54, 1.807) is 11.3 Å². The molecule has 23 heavy (non-hydrogen) atoms. The molecule has 2 aromatic rings. The molecule has 2 heterocycles.